The first-order chi connectivity index (χ1) is 9.90. The van der Waals surface area contributed by atoms with Crippen LogP contribution in [0.25, 0.3) is 0 Å². The van der Waals surface area contributed by atoms with Crippen LogP contribution in [-0.2, 0) is 26.5 Å². The number of hydrogen-bond acceptors (Lipinski definition) is 6. The fourth-order valence-electron chi connectivity index (χ4n) is 1.80. The molecule has 21 heavy (non-hydrogen) atoms. The third-order valence-corrected chi connectivity index (χ3v) is 4.64. The van der Waals surface area contributed by atoms with Crippen molar-refractivity contribution in [1.29, 1.82) is 0 Å². The van der Waals surface area contributed by atoms with Gasteiger partial charge in [0.15, 0.2) is 5.82 Å². The summed E-state index contributed by atoms with van der Waals surface area (Å²) in [6.07, 6.45) is 1.46. The maximum absolute atomic E-state index is 12.2. The van der Waals surface area contributed by atoms with Crippen LogP contribution in [0.2, 0.25) is 0 Å². The van der Waals surface area contributed by atoms with Gasteiger partial charge in [0.2, 0.25) is 10.0 Å². The molecule has 9 heteroatoms. The monoisotopic (exact) mass is 320 g/mol. The highest BCUT2D eigenvalue weighted by molar-refractivity contribution is 7.89. The molecule has 0 saturated heterocycles. The molecule has 122 valence electrons. The van der Waals surface area contributed by atoms with E-state index >= 15 is 0 Å². The molecule has 0 aliphatic carbocycles. The highest BCUT2D eigenvalue weighted by Gasteiger charge is 2.23. The molecule has 8 nitrogen and oxygen atoms in total. The molecule has 0 aromatic carbocycles. The Bertz CT molecular complexity index is 542. The van der Waals surface area contributed by atoms with E-state index in [1.54, 1.807) is 21.1 Å². The van der Waals surface area contributed by atoms with Crippen LogP contribution in [0.3, 0.4) is 0 Å². The Balaban J connectivity index is 2.37. The minimum atomic E-state index is -3.62. The van der Waals surface area contributed by atoms with Crippen LogP contribution in [-0.4, -0.2) is 51.7 Å². The van der Waals surface area contributed by atoms with Crippen molar-refractivity contribution in [2.75, 3.05) is 39.2 Å². The third-order valence-electron chi connectivity index (χ3n) is 3.01. The van der Waals surface area contributed by atoms with Gasteiger partial charge in [-0.15, -0.1) is 0 Å². The van der Waals surface area contributed by atoms with Crippen molar-refractivity contribution >= 4 is 15.8 Å². The molecular formula is C12H24N4O4S. The van der Waals surface area contributed by atoms with E-state index in [4.69, 9.17) is 15.2 Å². The third kappa shape index (κ3) is 5.27. The normalized spacial score (nSPS) is 12.0. The molecular weight excluding hydrogens is 296 g/mol. The maximum atomic E-state index is 12.2. The quantitative estimate of drug-likeness (QED) is 0.589. The number of unbranched alkanes of at least 4 members (excludes halogenated alkanes) is 1. The minimum absolute atomic E-state index is 0.0189. The van der Waals surface area contributed by atoms with Crippen molar-refractivity contribution in [2.45, 2.75) is 24.7 Å². The van der Waals surface area contributed by atoms with E-state index in [9.17, 15) is 8.42 Å². The van der Waals surface area contributed by atoms with Gasteiger partial charge in [-0.2, -0.15) is 5.10 Å². The molecule has 0 spiro atoms. The number of nitrogens with zero attached hydrogens (tertiary/aromatic N) is 2. The molecule has 1 heterocycles. The number of nitrogen functional groups attached to an aromatic ring is 1. The number of nitrogens with one attached hydrogen (secondary N) is 1. The molecule has 0 radical (unpaired) electrons. The van der Waals surface area contributed by atoms with Gasteiger partial charge in [0.1, 0.15) is 4.90 Å². The SMILES string of the molecule is COCCOCCCCNS(=O)(=O)c1c(N)nn(C)c1C. The van der Waals surface area contributed by atoms with Crippen molar-refractivity contribution in [2.24, 2.45) is 7.05 Å². The standard InChI is InChI=1S/C12H24N4O4S/c1-10-11(12(13)15-16(10)2)21(17,18)14-6-4-5-7-20-9-8-19-3/h14H,4-9H2,1-3H3,(H2,13,15). The predicted molar refractivity (Wildman–Crippen MR) is 79.5 cm³/mol. The highest BCUT2D eigenvalue weighted by atomic mass is 32.2. The molecule has 1 aromatic rings. The van der Waals surface area contributed by atoms with Crippen LogP contribution in [0, 0.1) is 6.92 Å². The molecule has 3 N–H and O–H groups in total. The second kappa shape index (κ2) is 8.32. The van der Waals surface area contributed by atoms with Crippen molar-refractivity contribution in [1.82, 2.24) is 14.5 Å². The average molecular weight is 320 g/mol. The molecule has 0 aliphatic heterocycles. The Morgan fingerprint density at radius 1 is 1.29 bits per heavy atom. The van der Waals surface area contributed by atoms with Crippen LogP contribution in [0.1, 0.15) is 18.5 Å². The van der Waals surface area contributed by atoms with E-state index in [2.05, 4.69) is 9.82 Å². The number of anilines is 1. The van der Waals surface area contributed by atoms with Crippen LogP contribution < -0.4 is 10.5 Å². The molecule has 0 fully saturated rings. The second-order valence-corrected chi connectivity index (χ2v) is 6.34. The summed E-state index contributed by atoms with van der Waals surface area (Å²) in [5.74, 6) is 0.0189. The van der Waals surface area contributed by atoms with Gasteiger partial charge in [-0.1, -0.05) is 0 Å². The van der Waals surface area contributed by atoms with Crippen LogP contribution in [0.5, 0.6) is 0 Å². The predicted octanol–water partition coefficient (Wildman–Crippen LogP) is 0.0322. The van der Waals surface area contributed by atoms with Crippen molar-refractivity contribution in [3.05, 3.63) is 5.69 Å². The number of aryl methyl sites for hydroxylation is 1. The van der Waals surface area contributed by atoms with E-state index in [-0.39, 0.29) is 10.7 Å². The summed E-state index contributed by atoms with van der Waals surface area (Å²) in [5, 5.41) is 3.91. The lowest BCUT2D eigenvalue weighted by atomic mass is 10.3. The number of aromatic nitrogens is 2. The van der Waals surface area contributed by atoms with Crippen LogP contribution >= 0.6 is 0 Å². The molecule has 0 saturated carbocycles. The molecule has 0 bridgehead atoms. The van der Waals surface area contributed by atoms with Gasteiger partial charge in [0.25, 0.3) is 0 Å². The van der Waals surface area contributed by atoms with Gasteiger partial charge in [0.05, 0.1) is 18.9 Å². The number of methoxy groups -OCH3 is 1. The first kappa shape index (κ1) is 17.9. The summed E-state index contributed by atoms with van der Waals surface area (Å²) in [4.78, 5) is 0.0568. The summed E-state index contributed by atoms with van der Waals surface area (Å²) in [7, 11) is -0.351. The fraction of sp³-hybridized carbons (Fsp3) is 0.750. The van der Waals surface area contributed by atoms with Gasteiger partial charge < -0.3 is 15.2 Å². The Hall–Kier alpha value is -1.16. The largest absolute Gasteiger partial charge is 0.382 e. The first-order valence-electron chi connectivity index (χ1n) is 6.75. The topological polar surface area (TPSA) is 108 Å². The van der Waals surface area contributed by atoms with Gasteiger partial charge in [-0.05, 0) is 19.8 Å². The number of rotatable bonds is 10. The molecule has 1 rings (SSSR count). The number of sulfonamides is 1. The van der Waals surface area contributed by atoms with E-state index in [1.165, 1.54) is 4.68 Å². The average Bonchev–Trinajstić information content (AvgIpc) is 2.67. The number of nitrogens with two attached hydrogens (primary N) is 1. The molecule has 1 aromatic heterocycles. The smallest absolute Gasteiger partial charge is 0.246 e. The Kier molecular flexibility index (Phi) is 7.09. The fourth-order valence-corrected chi connectivity index (χ4v) is 3.19. The molecule has 0 unspecified atom stereocenters. The lowest BCUT2D eigenvalue weighted by Gasteiger charge is -2.07. The van der Waals surface area contributed by atoms with Crippen molar-refractivity contribution in [3.8, 4) is 0 Å². The van der Waals surface area contributed by atoms with Gasteiger partial charge in [-0.25, -0.2) is 13.1 Å². The zero-order chi connectivity index (χ0) is 15.9. The number of ether oxygens (including phenoxy) is 2. The molecule has 0 atom stereocenters. The zero-order valence-corrected chi connectivity index (χ0v) is 13.6. The van der Waals surface area contributed by atoms with Crippen LogP contribution in [0.4, 0.5) is 5.82 Å². The lowest BCUT2D eigenvalue weighted by molar-refractivity contribution is 0.0689. The maximum Gasteiger partial charge on any atom is 0.246 e. The Labute approximate surface area is 125 Å². The first-order valence-corrected chi connectivity index (χ1v) is 8.24. The summed E-state index contributed by atoms with van der Waals surface area (Å²) in [6, 6.07) is 0. The van der Waals surface area contributed by atoms with E-state index < -0.39 is 10.0 Å². The van der Waals surface area contributed by atoms with Gasteiger partial charge in [-0.3, -0.25) is 4.68 Å². The summed E-state index contributed by atoms with van der Waals surface area (Å²) < 4.78 is 38.5. The molecule has 0 aliphatic rings. The van der Waals surface area contributed by atoms with Crippen molar-refractivity contribution in [3.63, 3.8) is 0 Å². The lowest BCUT2D eigenvalue weighted by Crippen LogP contribution is -2.26. The minimum Gasteiger partial charge on any atom is -0.382 e. The Morgan fingerprint density at radius 3 is 2.57 bits per heavy atom. The van der Waals surface area contributed by atoms with Crippen LogP contribution in [0.15, 0.2) is 4.90 Å². The van der Waals surface area contributed by atoms with Gasteiger partial charge in [0, 0.05) is 27.3 Å². The van der Waals surface area contributed by atoms with Gasteiger partial charge >= 0.3 is 0 Å². The summed E-state index contributed by atoms with van der Waals surface area (Å²) in [5.41, 5.74) is 6.16. The number of hydrogen-bond donors (Lipinski definition) is 2. The Morgan fingerprint density at radius 2 is 2.00 bits per heavy atom. The van der Waals surface area contributed by atoms with E-state index in [1.807, 2.05) is 0 Å². The van der Waals surface area contributed by atoms with Crippen molar-refractivity contribution < 1.29 is 17.9 Å². The zero-order valence-electron chi connectivity index (χ0n) is 12.8. The highest BCUT2D eigenvalue weighted by Crippen LogP contribution is 2.20. The summed E-state index contributed by atoms with van der Waals surface area (Å²) in [6.45, 7) is 3.70. The molecule has 0 amide bonds. The van der Waals surface area contributed by atoms with E-state index in [0.29, 0.717) is 38.5 Å². The summed E-state index contributed by atoms with van der Waals surface area (Å²) >= 11 is 0. The van der Waals surface area contributed by atoms with E-state index in [0.717, 1.165) is 6.42 Å². The second-order valence-electron chi connectivity index (χ2n) is 4.63.